The Labute approximate surface area is 301 Å². The van der Waals surface area contributed by atoms with Crippen LogP contribution in [0.15, 0.2) is 146 Å². The van der Waals surface area contributed by atoms with Gasteiger partial charge in [-0.05, 0) is 10.8 Å². The Hall–Kier alpha value is -4.06. The fourth-order valence-corrected chi connectivity index (χ4v) is 6.89. The first-order valence-corrected chi connectivity index (χ1v) is 18.1. The third-order valence-corrected chi connectivity index (χ3v) is 10.5. The van der Waals surface area contributed by atoms with Gasteiger partial charge in [0.25, 0.3) is 0 Å². The van der Waals surface area contributed by atoms with Gasteiger partial charge < -0.3 is 0 Å². The number of benzene rings is 6. The SMILES string of the molecule is CC(C)(C)c1ccc2[cH-]c3ccc(C(C)(C)C)cc3c2c1.[C-]1=CC=CC1.[Zr+2]=[C](c1ccc2ccccc2c1)c1ccc2ccccc2c1. The summed E-state index contributed by atoms with van der Waals surface area (Å²) in [6.45, 7) is 13.7. The molecule has 0 saturated carbocycles. The molecule has 48 heavy (non-hydrogen) atoms. The van der Waals surface area contributed by atoms with Crippen LogP contribution in [-0.2, 0) is 35.1 Å². The van der Waals surface area contributed by atoms with E-state index in [2.05, 4.69) is 181 Å². The summed E-state index contributed by atoms with van der Waals surface area (Å²) in [4.78, 5) is 0. The molecule has 0 amide bonds. The van der Waals surface area contributed by atoms with Crippen molar-refractivity contribution in [1.29, 1.82) is 0 Å². The minimum absolute atomic E-state index is 0.194. The van der Waals surface area contributed by atoms with Gasteiger partial charge in [-0.25, -0.2) is 12.2 Å². The fraction of sp³-hybridized carbons (Fsp3) is 0.191. The molecule has 0 aromatic heterocycles. The first-order chi connectivity index (χ1) is 23.0. The van der Waals surface area contributed by atoms with Crippen LogP contribution in [0, 0.1) is 6.08 Å². The molecule has 0 radical (unpaired) electrons. The molecule has 1 heteroatoms. The zero-order valence-electron chi connectivity index (χ0n) is 29.1. The molecule has 1 aliphatic carbocycles. The van der Waals surface area contributed by atoms with E-state index in [0.717, 1.165) is 6.42 Å². The first-order valence-electron chi connectivity index (χ1n) is 16.9. The van der Waals surface area contributed by atoms with Crippen LogP contribution in [0.25, 0.3) is 43.1 Å². The Morgan fingerprint density at radius 1 is 0.562 bits per heavy atom. The summed E-state index contributed by atoms with van der Waals surface area (Å²) in [5.41, 5.74) is 5.85. The van der Waals surface area contributed by atoms with Crippen molar-refractivity contribution in [2.75, 3.05) is 0 Å². The number of hydrogen-bond donors (Lipinski definition) is 0. The van der Waals surface area contributed by atoms with Gasteiger partial charge in [-0.3, -0.25) is 6.08 Å². The fourth-order valence-electron chi connectivity index (χ4n) is 6.13. The van der Waals surface area contributed by atoms with Crippen molar-refractivity contribution in [3.63, 3.8) is 0 Å². The molecule has 0 saturated heterocycles. The van der Waals surface area contributed by atoms with E-state index in [4.69, 9.17) is 0 Å². The Bertz CT molecular complexity index is 2130. The maximum absolute atomic E-state index is 2.99. The molecule has 0 heterocycles. The van der Waals surface area contributed by atoms with E-state index in [9.17, 15) is 0 Å². The number of fused-ring (bicyclic) bond motifs is 5. The first kappa shape index (κ1) is 33.8. The molecule has 8 rings (SSSR count). The summed E-state index contributed by atoms with van der Waals surface area (Å²) in [7, 11) is 0. The van der Waals surface area contributed by atoms with Crippen molar-refractivity contribution in [2.45, 2.75) is 58.8 Å². The molecule has 0 N–H and O–H groups in total. The number of hydrogen-bond acceptors (Lipinski definition) is 0. The molecular weight excluding hydrogens is 656 g/mol. The second-order valence-corrected chi connectivity index (χ2v) is 16.0. The van der Waals surface area contributed by atoms with Crippen molar-refractivity contribution in [3.05, 3.63) is 174 Å². The number of allylic oxidation sites excluding steroid dienone is 4. The molecular formula is C47H44Zr. The summed E-state index contributed by atoms with van der Waals surface area (Å²) in [5.74, 6) is 0. The van der Waals surface area contributed by atoms with E-state index in [1.54, 1.807) is 0 Å². The summed E-state index contributed by atoms with van der Waals surface area (Å²) in [6, 6.07) is 46.7. The van der Waals surface area contributed by atoms with Gasteiger partial charge >= 0.3 is 145 Å². The third kappa shape index (κ3) is 7.80. The van der Waals surface area contributed by atoms with Crippen molar-refractivity contribution < 1.29 is 24.2 Å². The van der Waals surface area contributed by atoms with Crippen LogP contribution in [0.5, 0.6) is 0 Å². The monoisotopic (exact) mass is 698 g/mol. The second-order valence-electron chi connectivity index (χ2n) is 14.8. The van der Waals surface area contributed by atoms with Gasteiger partial charge in [-0.2, -0.15) is 6.08 Å². The predicted molar refractivity (Wildman–Crippen MR) is 207 cm³/mol. The van der Waals surface area contributed by atoms with Gasteiger partial charge in [-0.15, -0.1) is 46.2 Å². The third-order valence-electron chi connectivity index (χ3n) is 9.10. The van der Waals surface area contributed by atoms with Crippen molar-refractivity contribution in [2.24, 2.45) is 0 Å². The molecule has 0 nitrogen and oxygen atoms in total. The van der Waals surface area contributed by atoms with Crippen LogP contribution in [0.4, 0.5) is 0 Å². The molecule has 7 aromatic rings. The average Bonchev–Trinajstić information content (AvgIpc) is 3.79. The van der Waals surface area contributed by atoms with Crippen LogP contribution in [0.3, 0.4) is 0 Å². The van der Waals surface area contributed by atoms with E-state index in [1.807, 2.05) is 12.2 Å². The Balaban J connectivity index is 0.000000146. The molecule has 236 valence electrons. The molecule has 0 fully saturated rings. The van der Waals surface area contributed by atoms with Crippen molar-refractivity contribution in [3.8, 4) is 0 Å². The van der Waals surface area contributed by atoms with Crippen molar-refractivity contribution in [1.82, 2.24) is 0 Å². The molecule has 1 aliphatic rings. The van der Waals surface area contributed by atoms with Gasteiger partial charge in [0.1, 0.15) is 0 Å². The minimum atomic E-state index is 0.194. The van der Waals surface area contributed by atoms with Crippen LogP contribution in [0.1, 0.15) is 70.2 Å². The molecule has 0 atom stereocenters. The second kappa shape index (κ2) is 14.2. The van der Waals surface area contributed by atoms with Gasteiger partial charge in [0, 0.05) is 0 Å². The van der Waals surface area contributed by atoms with Gasteiger partial charge in [0.2, 0.25) is 0 Å². The molecule has 7 aromatic carbocycles. The van der Waals surface area contributed by atoms with E-state index in [-0.39, 0.29) is 10.8 Å². The standard InChI is InChI=1S/C21H14.C21H25.C5H5.Zr/c1-3-7-20-14-16(9-11-18(20)5-1)13-17-10-12-19-6-2-4-8-21(19)15-17;1-20(2,3)16-9-7-14-11-15-8-10-17(21(4,5)6)13-19(15)18(14)12-16;1-2-4-5-3-1;/h1-12,14-15H;7-13H,1-6H3;1-3H,4H2;/q;2*-1;+2. The summed E-state index contributed by atoms with van der Waals surface area (Å²) >= 11 is 1.44. The summed E-state index contributed by atoms with van der Waals surface area (Å²) in [6.07, 6.45) is 10.0. The zero-order valence-corrected chi connectivity index (χ0v) is 31.5. The predicted octanol–water partition coefficient (Wildman–Crippen LogP) is 12.7. The number of rotatable bonds is 2. The van der Waals surface area contributed by atoms with E-state index < -0.39 is 0 Å². The van der Waals surface area contributed by atoms with Crippen LogP contribution < -0.4 is 0 Å². The van der Waals surface area contributed by atoms with Crippen LogP contribution >= 0.6 is 0 Å². The molecule has 0 aliphatic heterocycles. The van der Waals surface area contributed by atoms with Gasteiger partial charge in [-0.1, -0.05) is 76.9 Å². The van der Waals surface area contributed by atoms with Crippen LogP contribution in [0.2, 0.25) is 0 Å². The zero-order chi connectivity index (χ0) is 33.9. The van der Waals surface area contributed by atoms with Gasteiger partial charge in [0.05, 0.1) is 0 Å². The Morgan fingerprint density at radius 3 is 1.40 bits per heavy atom. The topological polar surface area (TPSA) is 0 Å². The van der Waals surface area contributed by atoms with E-state index >= 15 is 0 Å². The van der Waals surface area contributed by atoms with Crippen molar-refractivity contribution >= 4 is 46.3 Å². The Kier molecular flexibility index (Phi) is 10.0. The maximum atomic E-state index is 2.99. The average molecular weight is 700 g/mol. The molecule has 0 bridgehead atoms. The normalized spacial score (nSPS) is 12.7. The summed E-state index contributed by atoms with van der Waals surface area (Å²) in [5, 5.41) is 10.7. The van der Waals surface area contributed by atoms with Crippen LogP contribution in [-0.4, -0.2) is 3.21 Å². The quantitative estimate of drug-likeness (QED) is 0.158. The van der Waals surface area contributed by atoms with E-state index in [0.29, 0.717) is 0 Å². The summed E-state index contributed by atoms with van der Waals surface area (Å²) < 4.78 is 1.41. The molecule has 0 spiro atoms. The molecule has 0 unspecified atom stereocenters. The Morgan fingerprint density at radius 2 is 1.02 bits per heavy atom. The van der Waals surface area contributed by atoms with E-state index in [1.165, 1.54) is 92.8 Å². The van der Waals surface area contributed by atoms with Gasteiger partial charge in [0.15, 0.2) is 0 Å².